The van der Waals surface area contributed by atoms with Crippen LogP contribution in [0.5, 0.6) is 5.75 Å². The standard InChI is InChI=1S/C32H31N3O4S/c1-5-35(6-2)40(37,38)26-16-11-21(3)30(19-26)34-32(36)28-20-31(33-29-10-8-7-9-27(28)29)24-13-12-23-18-25(39-4)15-14-22(23)17-24/h7-20H,5-6H2,1-4H3,(H,34,36). The maximum atomic E-state index is 13.7. The number of benzene rings is 4. The number of rotatable bonds is 8. The largest absolute Gasteiger partial charge is 0.497 e. The second-order valence-electron chi connectivity index (χ2n) is 9.52. The molecule has 1 heterocycles. The first-order valence-electron chi connectivity index (χ1n) is 13.1. The third-order valence-electron chi connectivity index (χ3n) is 7.10. The molecular formula is C32H31N3O4S. The van der Waals surface area contributed by atoms with Crippen molar-refractivity contribution in [2.75, 3.05) is 25.5 Å². The molecule has 0 fully saturated rings. The predicted molar refractivity (Wildman–Crippen MR) is 160 cm³/mol. The van der Waals surface area contributed by atoms with Crippen LogP contribution in [0.1, 0.15) is 29.8 Å². The molecule has 0 saturated heterocycles. The van der Waals surface area contributed by atoms with Crippen molar-refractivity contribution >= 4 is 43.3 Å². The van der Waals surface area contributed by atoms with Crippen LogP contribution in [0.3, 0.4) is 0 Å². The van der Waals surface area contributed by atoms with Crippen molar-refractivity contribution in [3.05, 3.63) is 96.1 Å². The molecule has 8 heteroatoms. The topological polar surface area (TPSA) is 88.6 Å². The third kappa shape index (κ3) is 5.15. The smallest absolute Gasteiger partial charge is 0.256 e. The molecule has 0 atom stereocenters. The Morgan fingerprint density at radius 3 is 2.38 bits per heavy atom. The summed E-state index contributed by atoms with van der Waals surface area (Å²) in [5.74, 6) is 0.443. The number of aryl methyl sites for hydroxylation is 1. The number of ether oxygens (including phenoxy) is 1. The number of sulfonamides is 1. The fraction of sp³-hybridized carbons (Fsp3) is 0.188. The van der Waals surface area contributed by atoms with Crippen LogP contribution in [0.25, 0.3) is 32.9 Å². The number of para-hydroxylation sites is 1. The molecule has 1 aromatic heterocycles. The molecule has 1 amide bonds. The number of pyridine rings is 1. The first-order valence-corrected chi connectivity index (χ1v) is 14.6. The Morgan fingerprint density at radius 1 is 0.900 bits per heavy atom. The lowest BCUT2D eigenvalue weighted by Crippen LogP contribution is -2.30. The molecule has 0 saturated carbocycles. The van der Waals surface area contributed by atoms with E-state index in [1.165, 1.54) is 10.4 Å². The normalized spacial score (nSPS) is 11.7. The maximum Gasteiger partial charge on any atom is 0.256 e. The van der Waals surface area contributed by atoms with Gasteiger partial charge < -0.3 is 10.1 Å². The van der Waals surface area contributed by atoms with E-state index in [2.05, 4.69) is 5.32 Å². The highest BCUT2D eigenvalue weighted by Gasteiger charge is 2.23. The Balaban J connectivity index is 1.55. The summed E-state index contributed by atoms with van der Waals surface area (Å²) in [6.07, 6.45) is 0. The van der Waals surface area contributed by atoms with E-state index in [4.69, 9.17) is 9.72 Å². The number of nitrogens with one attached hydrogen (secondary N) is 1. The predicted octanol–water partition coefficient (Wildman–Crippen LogP) is 6.65. The molecule has 0 aliphatic heterocycles. The highest BCUT2D eigenvalue weighted by atomic mass is 32.2. The average molecular weight is 554 g/mol. The fourth-order valence-electron chi connectivity index (χ4n) is 4.82. The molecule has 5 rings (SSSR count). The van der Waals surface area contributed by atoms with Gasteiger partial charge in [-0.25, -0.2) is 13.4 Å². The molecule has 204 valence electrons. The molecule has 7 nitrogen and oxygen atoms in total. The van der Waals surface area contributed by atoms with Crippen LogP contribution >= 0.6 is 0 Å². The molecule has 40 heavy (non-hydrogen) atoms. The Bertz CT molecular complexity index is 1850. The minimum atomic E-state index is -3.68. The molecule has 5 aromatic rings. The minimum absolute atomic E-state index is 0.144. The first-order chi connectivity index (χ1) is 19.2. The number of anilines is 1. The van der Waals surface area contributed by atoms with Crippen molar-refractivity contribution in [2.24, 2.45) is 0 Å². The minimum Gasteiger partial charge on any atom is -0.497 e. The summed E-state index contributed by atoms with van der Waals surface area (Å²) in [5.41, 5.74) is 3.88. The molecule has 0 spiro atoms. The SMILES string of the molecule is CCN(CC)S(=O)(=O)c1ccc(C)c(NC(=O)c2cc(-c3ccc4cc(OC)ccc4c3)nc3ccccc23)c1. The van der Waals surface area contributed by atoms with Crippen molar-refractivity contribution in [3.8, 4) is 17.0 Å². The summed E-state index contributed by atoms with van der Waals surface area (Å²) >= 11 is 0. The lowest BCUT2D eigenvalue weighted by molar-refractivity contribution is 0.102. The Labute approximate surface area is 234 Å². The van der Waals surface area contributed by atoms with E-state index in [0.29, 0.717) is 40.9 Å². The molecular weight excluding hydrogens is 522 g/mol. The van der Waals surface area contributed by atoms with E-state index in [1.807, 2.05) is 67.6 Å². The maximum absolute atomic E-state index is 13.7. The quantitative estimate of drug-likeness (QED) is 0.232. The van der Waals surface area contributed by atoms with Crippen LogP contribution < -0.4 is 10.1 Å². The lowest BCUT2D eigenvalue weighted by atomic mass is 10.0. The second-order valence-corrected chi connectivity index (χ2v) is 11.5. The van der Waals surface area contributed by atoms with Crippen LogP contribution in [0.15, 0.2) is 89.8 Å². The number of amides is 1. The van der Waals surface area contributed by atoms with E-state index in [9.17, 15) is 13.2 Å². The van der Waals surface area contributed by atoms with Gasteiger partial charge in [-0.05, 0) is 65.7 Å². The zero-order valence-corrected chi connectivity index (χ0v) is 23.7. The number of hydrogen-bond donors (Lipinski definition) is 1. The lowest BCUT2D eigenvalue weighted by Gasteiger charge is -2.19. The number of carbonyl (C=O) groups excluding carboxylic acids is 1. The summed E-state index contributed by atoms with van der Waals surface area (Å²) < 4.78 is 33.0. The van der Waals surface area contributed by atoms with Crippen LogP contribution in [0.4, 0.5) is 5.69 Å². The fourth-order valence-corrected chi connectivity index (χ4v) is 6.30. The number of aromatic nitrogens is 1. The number of carbonyl (C=O) groups is 1. The van der Waals surface area contributed by atoms with Crippen molar-refractivity contribution in [3.63, 3.8) is 0 Å². The van der Waals surface area contributed by atoms with Gasteiger partial charge in [0, 0.05) is 29.7 Å². The Morgan fingerprint density at radius 2 is 1.62 bits per heavy atom. The molecule has 0 bridgehead atoms. The summed E-state index contributed by atoms with van der Waals surface area (Å²) in [5, 5.41) is 5.74. The van der Waals surface area contributed by atoms with Crippen LogP contribution in [0.2, 0.25) is 0 Å². The number of hydrogen-bond acceptors (Lipinski definition) is 5. The van der Waals surface area contributed by atoms with Crippen LogP contribution in [-0.4, -0.2) is 43.8 Å². The van der Waals surface area contributed by atoms with E-state index < -0.39 is 10.0 Å². The Kier molecular flexibility index (Phi) is 7.56. The summed E-state index contributed by atoms with van der Waals surface area (Å²) in [4.78, 5) is 18.7. The van der Waals surface area contributed by atoms with Gasteiger partial charge in [-0.2, -0.15) is 4.31 Å². The van der Waals surface area contributed by atoms with Crippen molar-refractivity contribution < 1.29 is 17.9 Å². The van der Waals surface area contributed by atoms with Gasteiger partial charge in [0.15, 0.2) is 0 Å². The van der Waals surface area contributed by atoms with Crippen molar-refractivity contribution in [2.45, 2.75) is 25.7 Å². The van der Waals surface area contributed by atoms with Crippen molar-refractivity contribution in [1.29, 1.82) is 0 Å². The molecule has 0 unspecified atom stereocenters. The molecule has 1 N–H and O–H groups in total. The van der Waals surface area contributed by atoms with Crippen LogP contribution in [0, 0.1) is 6.92 Å². The number of methoxy groups -OCH3 is 1. The molecule has 0 aliphatic carbocycles. The highest BCUT2D eigenvalue weighted by Crippen LogP contribution is 2.30. The van der Waals surface area contributed by atoms with E-state index >= 15 is 0 Å². The first kappa shape index (κ1) is 27.3. The number of fused-ring (bicyclic) bond motifs is 2. The summed E-state index contributed by atoms with van der Waals surface area (Å²) in [6.45, 7) is 6.17. The Hall–Kier alpha value is -4.27. The monoisotopic (exact) mass is 553 g/mol. The van der Waals surface area contributed by atoms with E-state index in [0.717, 1.165) is 27.6 Å². The number of nitrogens with zero attached hydrogens (tertiary/aromatic N) is 2. The van der Waals surface area contributed by atoms with E-state index in [1.54, 1.807) is 39.2 Å². The zero-order valence-electron chi connectivity index (χ0n) is 22.9. The van der Waals surface area contributed by atoms with Gasteiger partial charge in [0.1, 0.15) is 5.75 Å². The van der Waals surface area contributed by atoms with Gasteiger partial charge >= 0.3 is 0 Å². The van der Waals surface area contributed by atoms with Gasteiger partial charge in [0.25, 0.3) is 5.91 Å². The third-order valence-corrected chi connectivity index (χ3v) is 9.15. The molecule has 4 aromatic carbocycles. The van der Waals surface area contributed by atoms with Crippen molar-refractivity contribution in [1.82, 2.24) is 9.29 Å². The highest BCUT2D eigenvalue weighted by molar-refractivity contribution is 7.89. The zero-order chi connectivity index (χ0) is 28.4. The van der Waals surface area contributed by atoms with Crippen LogP contribution in [-0.2, 0) is 10.0 Å². The summed E-state index contributed by atoms with van der Waals surface area (Å²) in [7, 11) is -2.03. The average Bonchev–Trinajstić information content (AvgIpc) is 2.97. The van der Waals surface area contributed by atoms with E-state index in [-0.39, 0.29) is 10.8 Å². The summed E-state index contributed by atoms with van der Waals surface area (Å²) in [6, 6.07) is 26.0. The van der Waals surface area contributed by atoms with Gasteiger partial charge in [-0.3, -0.25) is 4.79 Å². The molecule has 0 aliphatic rings. The molecule has 0 radical (unpaired) electrons. The second kappa shape index (κ2) is 11.1. The van der Waals surface area contributed by atoms with Gasteiger partial charge in [-0.1, -0.05) is 56.3 Å². The van der Waals surface area contributed by atoms with Gasteiger partial charge in [-0.15, -0.1) is 0 Å². The van der Waals surface area contributed by atoms with Gasteiger partial charge in [0.05, 0.1) is 28.8 Å². The van der Waals surface area contributed by atoms with Gasteiger partial charge in [0.2, 0.25) is 10.0 Å².